The van der Waals surface area contributed by atoms with E-state index in [1.165, 1.54) is 5.57 Å². The quantitative estimate of drug-likeness (QED) is 0.830. The van der Waals surface area contributed by atoms with Gasteiger partial charge < -0.3 is 14.6 Å². The van der Waals surface area contributed by atoms with Crippen molar-refractivity contribution in [3.8, 4) is 17.2 Å². The molecule has 2 atom stereocenters. The minimum atomic E-state index is -0.0257. The molecule has 0 spiro atoms. The number of phenolic OH excluding ortho intramolecular Hbond substituents is 1. The summed E-state index contributed by atoms with van der Waals surface area (Å²) in [6.07, 6.45) is 2.77. The van der Waals surface area contributed by atoms with Crippen molar-refractivity contribution >= 4 is 0 Å². The van der Waals surface area contributed by atoms with Crippen LogP contribution in [0.3, 0.4) is 0 Å². The average Bonchev–Trinajstić information content (AvgIpc) is 2.92. The Morgan fingerprint density at radius 2 is 2.00 bits per heavy atom. The van der Waals surface area contributed by atoms with Crippen LogP contribution in [0.25, 0.3) is 0 Å². The van der Waals surface area contributed by atoms with Gasteiger partial charge in [0, 0.05) is 16.7 Å². The number of para-hydroxylation sites is 1. The first-order chi connectivity index (χ1) is 11.1. The van der Waals surface area contributed by atoms with Crippen LogP contribution in [0.5, 0.6) is 17.2 Å². The zero-order chi connectivity index (χ0) is 16.0. The van der Waals surface area contributed by atoms with Crippen LogP contribution in [0.15, 0.2) is 48.0 Å². The standard InChI is InChI=1S/C20H20O3/c1-12(2)7-8-14-17(21)10-9-13-16-11-22-18-6-4-3-5-15(18)20(16)23-19(13)14/h3-7,9-10,16,20-21H,8,11H2,1-2H3. The molecule has 2 unspecified atom stereocenters. The molecular weight excluding hydrogens is 288 g/mol. The lowest BCUT2D eigenvalue weighted by molar-refractivity contribution is 0.139. The number of benzene rings is 2. The zero-order valence-corrected chi connectivity index (χ0v) is 13.4. The number of ether oxygens (including phenoxy) is 2. The molecule has 3 heteroatoms. The van der Waals surface area contributed by atoms with E-state index in [1.807, 2.05) is 24.3 Å². The summed E-state index contributed by atoms with van der Waals surface area (Å²) in [6, 6.07) is 11.8. The molecule has 0 amide bonds. The van der Waals surface area contributed by atoms with Gasteiger partial charge in [0.2, 0.25) is 0 Å². The molecule has 0 bridgehead atoms. The molecule has 0 radical (unpaired) electrons. The molecule has 1 N–H and O–H groups in total. The van der Waals surface area contributed by atoms with Gasteiger partial charge in [-0.15, -0.1) is 0 Å². The van der Waals surface area contributed by atoms with E-state index in [-0.39, 0.29) is 12.0 Å². The third-order valence-electron chi connectivity index (χ3n) is 4.63. The Kier molecular flexibility index (Phi) is 3.29. The second kappa shape index (κ2) is 5.34. The fourth-order valence-corrected chi connectivity index (χ4v) is 3.43. The average molecular weight is 308 g/mol. The lowest BCUT2D eigenvalue weighted by Gasteiger charge is -2.27. The molecule has 4 rings (SSSR count). The first-order valence-electron chi connectivity index (χ1n) is 8.01. The van der Waals surface area contributed by atoms with E-state index in [0.29, 0.717) is 18.8 Å². The molecule has 2 aromatic carbocycles. The molecule has 2 aromatic rings. The molecule has 2 aliphatic rings. The summed E-state index contributed by atoms with van der Waals surface area (Å²) in [7, 11) is 0. The van der Waals surface area contributed by atoms with E-state index in [2.05, 4.69) is 26.0 Å². The molecule has 0 saturated heterocycles. The number of rotatable bonds is 2. The first-order valence-corrected chi connectivity index (χ1v) is 8.01. The van der Waals surface area contributed by atoms with Gasteiger partial charge in [-0.05, 0) is 32.4 Å². The third kappa shape index (κ3) is 2.27. The molecular formula is C20H20O3. The number of fused-ring (bicyclic) bond motifs is 5. The molecule has 23 heavy (non-hydrogen) atoms. The monoisotopic (exact) mass is 308 g/mol. The summed E-state index contributed by atoms with van der Waals surface area (Å²) in [5.41, 5.74) is 4.33. The van der Waals surface area contributed by atoms with Crippen LogP contribution < -0.4 is 9.47 Å². The van der Waals surface area contributed by atoms with Gasteiger partial charge in [0.1, 0.15) is 23.4 Å². The molecule has 3 nitrogen and oxygen atoms in total. The number of allylic oxidation sites excluding steroid dienone is 2. The Bertz CT molecular complexity index is 787. The largest absolute Gasteiger partial charge is 0.508 e. The predicted octanol–water partition coefficient (Wildman–Crippen LogP) is 4.51. The second-order valence-corrected chi connectivity index (χ2v) is 6.46. The van der Waals surface area contributed by atoms with Gasteiger partial charge in [0.05, 0.1) is 12.5 Å². The molecule has 0 fully saturated rings. The predicted molar refractivity (Wildman–Crippen MR) is 89.3 cm³/mol. The first kappa shape index (κ1) is 14.2. The van der Waals surface area contributed by atoms with Crippen molar-refractivity contribution in [3.63, 3.8) is 0 Å². The summed E-state index contributed by atoms with van der Waals surface area (Å²) >= 11 is 0. The van der Waals surface area contributed by atoms with Crippen LogP contribution in [0.4, 0.5) is 0 Å². The van der Waals surface area contributed by atoms with Gasteiger partial charge in [-0.2, -0.15) is 0 Å². The lowest BCUT2D eigenvalue weighted by Crippen LogP contribution is -2.22. The van der Waals surface area contributed by atoms with E-state index in [1.54, 1.807) is 6.07 Å². The van der Waals surface area contributed by atoms with Gasteiger partial charge in [0.25, 0.3) is 0 Å². The molecule has 2 aliphatic heterocycles. The van der Waals surface area contributed by atoms with Crippen LogP contribution in [0.1, 0.15) is 42.6 Å². The molecule has 118 valence electrons. The molecule has 0 aliphatic carbocycles. The number of aromatic hydroxyl groups is 1. The Morgan fingerprint density at radius 3 is 2.83 bits per heavy atom. The Labute approximate surface area is 136 Å². The van der Waals surface area contributed by atoms with Crippen LogP contribution in [0.2, 0.25) is 0 Å². The van der Waals surface area contributed by atoms with Crippen LogP contribution in [-0.4, -0.2) is 11.7 Å². The maximum absolute atomic E-state index is 10.3. The van der Waals surface area contributed by atoms with Crippen molar-refractivity contribution in [3.05, 3.63) is 64.7 Å². The highest BCUT2D eigenvalue weighted by Crippen LogP contribution is 2.53. The van der Waals surface area contributed by atoms with Gasteiger partial charge in [0.15, 0.2) is 0 Å². The Hall–Kier alpha value is -2.42. The van der Waals surface area contributed by atoms with E-state index in [9.17, 15) is 5.11 Å². The second-order valence-electron chi connectivity index (χ2n) is 6.46. The number of hydrogen-bond acceptors (Lipinski definition) is 3. The highest BCUT2D eigenvalue weighted by atomic mass is 16.5. The van der Waals surface area contributed by atoms with Crippen LogP contribution in [0, 0.1) is 0 Å². The lowest BCUT2D eigenvalue weighted by atomic mass is 9.88. The third-order valence-corrected chi connectivity index (χ3v) is 4.63. The highest BCUT2D eigenvalue weighted by molar-refractivity contribution is 5.57. The van der Waals surface area contributed by atoms with Crippen molar-refractivity contribution < 1.29 is 14.6 Å². The molecule has 2 heterocycles. The summed E-state index contributed by atoms with van der Waals surface area (Å²) in [5.74, 6) is 2.22. The fourth-order valence-electron chi connectivity index (χ4n) is 3.43. The van der Waals surface area contributed by atoms with E-state index in [0.717, 1.165) is 28.2 Å². The number of hydrogen-bond donors (Lipinski definition) is 1. The Morgan fingerprint density at radius 1 is 1.17 bits per heavy atom. The smallest absolute Gasteiger partial charge is 0.138 e. The zero-order valence-electron chi connectivity index (χ0n) is 13.4. The van der Waals surface area contributed by atoms with Gasteiger partial charge >= 0.3 is 0 Å². The maximum Gasteiger partial charge on any atom is 0.138 e. The van der Waals surface area contributed by atoms with Crippen molar-refractivity contribution in [2.75, 3.05) is 6.61 Å². The van der Waals surface area contributed by atoms with Gasteiger partial charge in [-0.1, -0.05) is 35.9 Å². The summed E-state index contributed by atoms with van der Waals surface area (Å²) in [6.45, 7) is 4.73. The van der Waals surface area contributed by atoms with Crippen LogP contribution >= 0.6 is 0 Å². The summed E-state index contributed by atoms with van der Waals surface area (Å²) in [5, 5.41) is 10.3. The van der Waals surface area contributed by atoms with Crippen molar-refractivity contribution in [2.24, 2.45) is 0 Å². The Balaban J connectivity index is 1.78. The van der Waals surface area contributed by atoms with E-state index >= 15 is 0 Å². The topological polar surface area (TPSA) is 38.7 Å². The van der Waals surface area contributed by atoms with Crippen molar-refractivity contribution in [1.82, 2.24) is 0 Å². The number of phenols is 1. The van der Waals surface area contributed by atoms with Crippen molar-refractivity contribution in [1.29, 1.82) is 0 Å². The normalized spacial score (nSPS) is 20.6. The van der Waals surface area contributed by atoms with Crippen LogP contribution in [-0.2, 0) is 6.42 Å². The molecule has 0 saturated carbocycles. The minimum Gasteiger partial charge on any atom is -0.508 e. The van der Waals surface area contributed by atoms with E-state index < -0.39 is 0 Å². The minimum absolute atomic E-state index is 0.0257. The van der Waals surface area contributed by atoms with E-state index in [4.69, 9.17) is 9.47 Å². The fraction of sp³-hybridized carbons (Fsp3) is 0.300. The maximum atomic E-state index is 10.3. The molecule has 0 aromatic heterocycles. The summed E-state index contributed by atoms with van der Waals surface area (Å²) in [4.78, 5) is 0. The van der Waals surface area contributed by atoms with Gasteiger partial charge in [-0.3, -0.25) is 0 Å². The SMILES string of the molecule is CC(C)=CCc1c(O)ccc2c1OC1c3ccccc3OCC21. The highest BCUT2D eigenvalue weighted by Gasteiger charge is 2.41. The van der Waals surface area contributed by atoms with Gasteiger partial charge in [-0.25, -0.2) is 0 Å². The van der Waals surface area contributed by atoms with Crippen molar-refractivity contribution in [2.45, 2.75) is 32.3 Å². The summed E-state index contributed by atoms with van der Waals surface area (Å²) < 4.78 is 12.2.